The van der Waals surface area contributed by atoms with Crippen molar-refractivity contribution in [3.8, 4) is 12.1 Å². The van der Waals surface area contributed by atoms with Crippen LogP contribution in [0.5, 0.6) is 0 Å². The highest BCUT2D eigenvalue weighted by Gasteiger charge is 2.12. The Bertz CT molecular complexity index is 754. The van der Waals surface area contributed by atoms with Crippen molar-refractivity contribution in [3.05, 3.63) is 57.4 Å². The van der Waals surface area contributed by atoms with Crippen LogP contribution in [0.15, 0.2) is 29.8 Å². The Hall–Kier alpha value is -2.56. The van der Waals surface area contributed by atoms with E-state index in [2.05, 4.69) is 5.10 Å². The first-order chi connectivity index (χ1) is 10.0. The van der Waals surface area contributed by atoms with Gasteiger partial charge in [0.05, 0.1) is 12.2 Å². The molecule has 5 heteroatoms. The molecule has 2 rings (SSSR count). The normalized spacial score (nSPS) is 9.76. The van der Waals surface area contributed by atoms with Crippen molar-refractivity contribution in [1.82, 2.24) is 9.78 Å². The molecular formula is C16H13ClN4. The fourth-order valence-electron chi connectivity index (χ4n) is 1.94. The molecule has 0 N–H and O–H groups in total. The average Bonchev–Trinajstić information content (AvgIpc) is 2.74. The van der Waals surface area contributed by atoms with Crippen LogP contribution in [0.1, 0.15) is 22.4 Å². The predicted octanol–water partition coefficient (Wildman–Crippen LogP) is 3.63. The maximum Gasteiger partial charge on any atom is 0.134 e. The third-order valence-electron chi connectivity index (χ3n) is 3.09. The highest BCUT2D eigenvalue weighted by Crippen LogP contribution is 2.23. The van der Waals surface area contributed by atoms with Crippen LogP contribution >= 0.6 is 11.6 Å². The molecular weight excluding hydrogens is 284 g/mol. The maximum atomic E-state index is 8.83. The van der Waals surface area contributed by atoms with Crippen molar-refractivity contribution in [3.63, 3.8) is 0 Å². The number of aryl methyl sites for hydroxylation is 2. The van der Waals surface area contributed by atoms with Gasteiger partial charge in [0.2, 0.25) is 0 Å². The van der Waals surface area contributed by atoms with Crippen LogP contribution in [0.3, 0.4) is 0 Å². The van der Waals surface area contributed by atoms with Gasteiger partial charge in [-0.2, -0.15) is 15.6 Å². The van der Waals surface area contributed by atoms with Crippen LogP contribution in [0.25, 0.3) is 6.08 Å². The smallest absolute Gasteiger partial charge is 0.134 e. The van der Waals surface area contributed by atoms with Crippen molar-refractivity contribution in [2.24, 2.45) is 0 Å². The molecule has 4 nitrogen and oxygen atoms in total. The molecule has 0 aliphatic heterocycles. The summed E-state index contributed by atoms with van der Waals surface area (Å²) in [7, 11) is 0. The van der Waals surface area contributed by atoms with Gasteiger partial charge in [-0.05, 0) is 25.5 Å². The van der Waals surface area contributed by atoms with E-state index >= 15 is 0 Å². The van der Waals surface area contributed by atoms with Crippen LogP contribution in [-0.4, -0.2) is 9.78 Å². The van der Waals surface area contributed by atoms with Gasteiger partial charge in [-0.25, -0.2) is 4.68 Å². The lowest BCUT2D eigenvalue weighted by molar-refractivity contribution is 0.680. The van der Waals surface area contributed by atoms with Crippen molar-refractivity contribution >= 4 is 17.7 Å². The maximum absolute atomic E-state index is 8.83. The summed E-state index contributed by atoms with van der Waals surface area (Å²) in [5.41, 5.74) is 3.59. The van der Waals surface area contributed by atoms with Crippen molar-refractivity contribution in [2.75, 3.05) is 0 Å². The van der Waals surface area contributed by atoms with Gasteiger partial charge in [0.15, 0.2) is 0 Å². The zero-order chi connectivity index (χ0) is 15.4. The lowest BCUT2D eigenvalue weighted by Crippen LogP contribution is -2.02. The first-order valence-corrected chi connectivity index (χ1v) is 6.73. The van der Waals surface area contributed by atoms with Crippen LogP contribution in [-0.2, 0) is 6.54 Å². The molecule has 0 atom stereocenters. The molecule has 1 aromatic heterocycles. The second-order valence-corrected chi connectivity index (χ2v) is 5.07. The van der Waals surface area contributed by atoms with Crippen molar-refractivity contribution in [2.45, 2.75) is 20.4 Å². The van der Waals surface area contributed by atoms with Crippen molar-refractivity contribution in [1.29, 1.82) is 10.5 Å². The van der Waals surface area contributed by atoms with Crippen LogP contribution in [0, 0.1) is 36.5 Å². The molecule has 1 heterocycles. The molecule has 2 aromatic rings. The summed E-state index contributed by atoms with van der Waals surface area (Å²) in [6.45, 7) is 4.38. The fraction of sp³-hybridized carbons (Fsp3) is 0.188. The molecule has 0 unspecified atom stereocenters. The zero-order valence-corrected chi connectivity index (χ0v) is 12.5. The Balaban J connectivity index is 2.36. The first-order valence-electron chi connectivity index (χ1n) is 6.35. The highest BCUT2D eigenvalue weighted by atomic mass is 35.5. The molecule has 0 aliphatic carbocycles. The first kappa shape index (κ1) is 14.8. The standard InChI is InChI=1S/C16H13ClN4/c1-11-3-5-13(6-4-11)10-21-16(17)15(12(2)20-21)7-14(8-18)9-19/h3-7H,10H2,1-2H3. The molecule has 0 bridgehead atoms. The van der Waals surface area contributed by atoms with E-state index in [1.54, 1.807) is 11.6 Å². The average molecular weight is 297 g/mol. The second kappa shape index (κ2) is 6.26. The SMILES string of the molecule is Cc1ccc(Cn2nc(C)c(C=C(C#N)C#N)c2Cl)cc1. The van der Waals surface area contributed by atoms with Gasteiger partial charge in [0.25, 0.3) is 0 Å². The van der Waals surface area contributed by atoms with Crippen LogP contribution in [0.4, 0.5) is 0 Å². The Morgan fingerprint density at radius 2 is 1.86 bits per heavy atom. The van der Waals surface area contributed by atoms with Gasteiger partial charge >= 0.3 is 0 Å². The molecule has 0 aliphatic rings. The molecule has 0 fully saturated rings. The van der Waals surface area contributed by atoms with E-state index in [4.69, 9.17) is 22.1 Å². The predicted molar refractivity (Wildman–Crippen MR) is 81.5 cm³/mol. The Morgan fingerprint density at radius 1 is 1.24 bits per heavy atom. The van der Waals surface area contributed by atoms with E-state index in [1.165, 1.54) is 11.6 Å². The van der Waals surface area contributed by atoms with Crippen LogP contribution in [0.2, 0.25) is 5.15 Å². The molecule has 21 heavy (non-hydrogen) atoms. The van der Waals surface area contributed by atoms with E-state index in [-0.39, 0.29) is 5.57 Å². The minimum atomic E-state index is 0.00915. The Kier molecular flexibility index (Phi) is 4.42. The number of hydrogen-bond acceptors (Lipinski definition) is 3. The highest BCUT2D eigenvalue weighted by molar-refractivity contribution is 6.31. The number of hydrogen-bond donors (Lipinski definition) is 0. The summed E-state index contributed by atoms with van der Waals surface area (Å²) in [6.07, 6.45) is 1.47. The number of benzene rings is 1. The summed E-state index contributed by atoms with van der Waals surface area (Å²) in [5, 5.41) is 22.4. The van der Waals surface area contributed by atoms with E-state index in [9.17, 15) is 0 Å². The quantitative estimate of drug-likeness (QED) is 0.812. The summed E-state index contributed by atoms with van der Waals surface area (Å²) in [5.74, 6) is 0. The number of nitrogens with zero attached hydrogens (tertiary/aromatic N) is 4. The molecule has 0 radical (unpaired) electrons. The molecule has 0 spiro atoms. The number of nitriles is 2. The Morgan fingerprint density at radius 3 is 2.43 bits per heavy atom. The lowest BCUT2D eigenvalue weighted by Gasteiger charge is -2.04. The largest absolute Gasteiger partial charge is 0.249 e. The number of aromatic nitrogens is 2. The van der Waals surface area contributed by atoms with Gasteiger partial charge in [-0.3, -0.25) is 0 Å². The number of allylic oxidation sites excluding steroid dienone is 1. The summed E-state index contributed by atoms with van der Waals surface area (Å²) in [6, 6.07) is 11.8. The van der Waals surface area contributed by atoms with E-state index in [1.807, 2.05) is 43.3 Å². The number of halogens is 1. The third-order valence-corrected chi connectivity index (χ3v) is 3.49. The minimum Gasteiger partial charge on any atom is -0.249 e. The fourth-order valence-corrected chi connectivity index (χ4v) is 2.23. The topological polar surface area (TPSA) is 65.4 Å². The van der Waals surface area contributed by atoms with Gasteiger partial charge in [0, 0.05) is 5.56 Å². The summed E-state index contributed by atoms with van der Waals surface area (Å²) >= 11 is 6.31. The van der Waals surface area contributed by atoms with E-state index in [0.29, 0.717) is 23.0 Å². The van der Waals surface area contributed by atoms with Crippen molar-refractivity contribution < 1.29 is 0 Å². The van der Waals surface area contributed by atoms with Gasteiger partial charge in [-0.15, -0.1) is 0 Å². The second-order valence-electron chi connectivity index (χ2n) is 4.71. The molecule has 0 saturated heterocycles. The molecule has 0 amide bonds. The third kappa shape index (κ3) is 3.31. The van der Waals surface area contributed by atoms with Gasteiger partial charge < -0.3 is 0 Å². The summed E-state index contributed by atoms with van der Waals surface area (Å²) in [4.78, 5) is 0. The Labute approximate surface area is 128 Å². The monoisotopic (exact) mass is 296 g/mol. The summed E-state index contributed by atoms with van der Waals surface area (Å²) < 4.78 is 1.67. The number of rotatable bonds is 3. The van der Waals surface area contributed by atoms with Gasteiger partial charge in [-0.1, -0.05) is 41.4 Å². The van der Waals surface area contributed by atoms with Crippen LogP contribution < -0.4 is 0 Å². The van der Waals surface area contributed by atoms with Gasteiger partial charge in [0.1, 0.15) is 22.9 Å². The molecule has 1 aromatic carbocycles. The van der Waals surface area contributed by atoms with E-state index < -0.39 is 0 Å². The zero-order valence-electron chi connectivity index (χ0n) is 11.8. The molecule has 0 saturated carbocycles. The van der Waals surface area contributed by atoms with E-state index in [0.717, 1.165) is 5.56 Å². The molecule has 104 valence electrons. The lowest BCUT2D eigenvalue weighted by atomic mass is 10.1. The minimum absolute atomic E-state index is 0.00915.